The van der Waals surface area contributed by atoms with Gasteiger partial charge in [0.2, 0.25) is 0 Å². The van der Waals surface area contributed by atoms with E-state index < -0.39 is 30.5 Å². The summed E-state index contributed by atoms with van der Waals surface area (Å²) in [6.07, 6.45) is -5.61. The zero-order valence-corrected chi connectivity index (χ0v) is 9.44. The van der Waals surface area contributed by atoms with Crippen LogP contribution in [-0.4, -0.2) is 34.3 Å². The monoisotopic (exact) mass is 277 g/mol. The van der Waals surface area contributed by atoms with Crippen molar-refractivity contribution in [3.63, 3.8) is 0 Å². The first kappa shape index (κ1) is 14.8. The van der Waals surface area contributed by atoms with Gasteiger partial charge in [0.05, 0.1) is 0 Å². The zero-order valence-electron chi connectivity index (χ0n) is 9.44. The lowest BCUT2D eigenvalue weighted by Gasteiger charge is -2.16. The van der Waals surface area contributed by atoms with Crippen LogP contribution in [0.15, 0.2) is 24.3 Å². The summed E-state index contributed by atoms with van der Waals surface area (Å²) in [4.78, 5) is 21.5. The Balaban J connectivity index is 2.83. The lowest BCUT2D eigenvalue weighted by Crippen LogP contribution is -2.47. The Morgan fingerprint density at radius 1 is 1.26 bits per heavy atom. The maximum atomic E-state index is 12.0. The molecule has 0 aliphatic carbocycles. The molecule has 5 nitrogen and oxygen atoms in total. The van der Waals surface area contributed by atoms with E-state index in [0.717, 1.165) is 0 Å². The van der Waals surface area contributed by atoms with Gasteiger partial charge in [0.25, 0.3) is 0 Å². The molecule has 1 unspecified atom stereocenters. The number of hydrogen-bond acceptors (Lipinski definition) is 3. The van der Waals surface area contributed by atoms with Crippen molar-refractivity contribution in [3.8, 4) is 5.75 Å². The number of nitrogens with one attached hydrogen (secondary N) is 1. The predicted molar refractivity (Wildman–Crippen MR) is 57.4 cm³/mol. The van der Waals surface area contributed by atoms with E-state index in [2.05, 4.69) is 0 Å². The maximum absolute atomic E-state index is 12.0. The largest absolute Gasteiger partial charge is 0.508 e. The Labute approximate surface area is 105 Å². The Morgan fingerprint density at radius 2 is 1.84 bits per heavy atom. The summed E-state index contributed by atoms with van der Waals surface area (Å²) < 4.78 is 36.1. The predicted octanol–water partition coefficient (Wildman–Crippen LogP) is 1.07. The topological polar surface area (TPSA) is 86.6 Å². The third-order valence-corrected chi connectivity index (χ3v) is 2.28. The van der Waals surface area contributed by atoms with Crippen molar-refractivity contribution in [1.82, 2.24) is 5.32 Å². The van der Waals surface area contributed by atoms with Gasteiger partial charge in [-0.05, 0) is 11.6 Å². The van der Waals surface area contributed by atoms with Gasteiger partial charge in [-0.2, -0.15) is 13.2 Å². The molecule has 0 radical (unpaired) electrons. The lowest BCUT2D eigenvalue weighted by atomic mass is 10.0. The van der Waals surface area contributed by atoms with Crippen molar-refractivity contribution in [1.29, 1.82) is 0 Å². The number of alkyl halides is 3. The highest BCUT2D eigenvalue weighted by molar-refractivity contribution is 5.87. The smallest absolute Gasteiger partial charge is 0.471 e. The standard InChI is InChI=1S/C11H10F3NO4/c12-11(13,14)10(19)15-7(9(17)18)5-6-3-1-2-4-8(6)16/h1-4,7,16H,5H2,(H,15,19)(H,17,18). The van der Waals surface area contributed by atoms with Gasteiger partial charge in [0.15, 0.2) is 0 Å². The average Bonchev–Trinajstić information content (AvgIpc) is 2.29. The molecule has 0 fully saturated rings. The van der Waals surface area contributed by atoms with Crippen LogP contribution in [0.5, 0.6) is 5.75 Å². The van der Waals surface area contributed by atoms with Crippen LogP contribution in [-0.2, 0) is 16.0 Å². The Hall–Kier alpha value is -2.25. The van der Waals surface area contributed by atoms with Crippen LogP contribution in [0, 0.1) is 0 Å². The highest BCUT2D eigenvalue weighted by Gasteiger charge is 2.40. The van der Waals surface area contributed by atoms with Crippen LogP contribution >= 0.6 is 0 Å². The van der Waals surface area contributed by atoms with E-state index in [1.54, 1.807) is 0 Å². The highest BCUT2D eigenvalue weighted by Crippen LogP contribution is 2.19. The Kier molecular flexibility index (Phi) is 4.36. The molecule has 1 amide bonds. The van der Waals surface area contributed by atoms with Crippen molar-refractivity contribution in [2.45, 2.75) is 18.6 Å². The molecule has 0 aliphatic heterocycles. The number of aliphatic carboxylic acids is 1. The minimum atomic E-state index is -5.16. The van der Waals surface area contributed by atoms with E-state index in [1.807, 2.05) is 0 Å². The van der Waals surface area contributed by atoms with E-state index in [0.29, 0.717) is 0 Å². The summed E-state index contributed by atoms with van der Waals surface area (Å²) in [5.74, 6) is -4.22. The number of carboxylic acids is 1. The molecule has 0 saturated carbocycles. The van der Waals surface area contributed by atoms with Gasteiger partial charge in [-0.25, -0.2) is 4.79 Å². The molecule has 1 aromatic rings. The number of carbonyl (C=O) groups is 2. The van der Waals surface area contributed by atoms with Gasteiger partial charge < -0.3 is 15.5 Å². The normalized spacial score (nSPS) is 12.8. The third kappa shape index (κ3) is 4.16. The van der Waals surface area contributed by atoms with Gasteiger partial charge in [0.1, 0.15) is 11.8 Å². The second kappa shape index (κ2) is 5.59. The van der Waals surface area contributed by atoms with Crippen LogP contribution in [0.3, 0.4) is 0 Å². The molecule has 0 spiro atoms. The molecule has 0 aliphatic rings. The van der Waals surface area contributed by atoms with Crippen molar-refractivity contribution in [2.75, 3.05) is 0 Å². The van der Waals surface area contributed by atoms with Crippen molar-refractivity contribution in [2.24, 2.45) is 0 Å². The number of benzene rings is 1. The molecule has 0 saturated heterocycles. The quantitative estimate of drug-likeness (QED) is 0.768. The fourth-order valence-corrected chi connectivity index (χ4v) is 1.34. The number of halogens is 3. The molecular weight excluding hydrogens is 267 g/mol. The third-order valence-electron chi connectivity index (χ3n) is 2.28. The number of rotatable bonds is 4. The number of hydrogen-bond donors (Lipinski definition) is 3. The van der Waals surface area contributed by atoms with Crippen LogP contribution < -0.4 is 5.32 Å². The summed E-state index contributed by atoms with van der Waals surface area (Å²) in [5.41, 5.74) is 0.123. The van der Waals surface area contributed by atoms with E-state index >= 15 is 0 Å². The summed E-state index contributed by atoms with van der Waals surface area (Å²) in [6, 6.07) is 3.80. The second-order valence-corrected chi connectivity index (χ2v) is 3.69. The van der Waals surface area contributed by atoms with E-state index in [1.165, 1.54) is 29.6 Å². The van der Waals surface area contributed by atoms with Crippen LogP contribution in [0.25, 0.3) is 0 Å². The molecule has 1 atom stereocenters. The van der Waals surface area contributed by atoms with E-state index in [-0.39, 0.29) is 11.3 Å². The summed E-state index contributed by atoms with van der Waals surface area (Å²) >= 11 is 0. The van der Waals surface area contributed by atoms with Crippen LogP contribution in [0.4, 0.5) is 13.2 Å². The molecular formula is C11H10F3NO4. The SMILES string of the molecule is O=C(O)C(Cc1ccccc1O)NC(=O)C(F)(F)F. The molecule has 1 aromatic carbocycles. The molecule has 1 rings (SSSR count). The molecule has 0 heterocycles. The average molecular weight is 277 g/mol. The van der Waals surface area contributed by atoms with Gasteiger partial charge in [-0.1, -0.05) is 18.2 Å². The number of aromatic hydroxyl groups is 1. The summed E-state index contributed by atoms with van der Waals surface area (Å²) in [6.45, 7) is 0. The van der Waals surface area contributed by atoms with Gasteiger partial charge >= 0.3 is 18.1 Å². The summed E-state index contributed by atoms with van der Waals surface area (Å²) in [5, 5.41) is 19.5. The fourth-order valence-electron chi connectivity index (χ4n) is 1.34. The van der Waals surface area contributed by atoms with E-state index in [4.69, 9.17) is 5.11 Å². The number of phenolic OH excluding ortho intramolecular Hbond substituents is 1. The van der Waals surface area contributed by atoms with Gasteiger partial charge in [0, 0.05) is 6.42 Å². The lowest BCUT2D eigenvalue weighted by molar-refractivity contribution is -0.175. The number of carbonyl (C=O) groups excluding carboxylic acids is 1. The first-order valence-electron chi connectivity index (χ1n) is 5.09. The van der Waals surface area contributed by atoms with Crippen LogP contribution in [0.1, 0.15) is 5.56 Å². The maximum Gasteiger partial charge on any atom is 0.471 e. The first-order chi connectivity index (χ1) is 8.71. The fraction of sp³-hybridized carbons (Fsp3) is 0.273. The number of para-hydroxylation sites is 1. The molecule has 0 aromatic heterocycles. The number of carboxylic acid groups (broad SMARTS) is 1. The minimum absolute atomic E-state index is 0.123. The molecule has 104 valence electrons. The zero-order chi connectivity index (χ0) is 14.6. The Morgan fingerprint density at radius 3 is 2.32 bits per heavy atom. The van der Waals surface area contributed by atoms with Crippen molar-refractivity contribution < 1.29 is 33.0 Å². The summed E-state index contributed by atoms with van der Waals surface area (Å²) in [7, 11) is 0. The molecule has 8 heteroatoms. The van der Waals surface area contributed by atoms with Gasteiger partial charge in [-0.15, -0.1) is 0 Å². The number of phenols is 1. The Bertz CT molecular complexity index is 487. The van der Waals surface area contributed by atoms with Crippen molar-refractivity contribution >= 4 is 11.9 Å². The molecule has 0 bridgehead atoms. The minimum Gasteiger partial charge on any atom is -0.508 e. The number of amides is 1. The van der Waals surface area contributed by atoms with Gasteiger partial charge in [-0.3, -0.25) is 4.79 Å². The van der Waals surface area contributed by atoms with Crippen LogP contribution in [0.2, 0.25) is 0 Å². The highest BCUT2D eigenvalue weighted by atomic mass is 19.4. The first-order valence-corrected chi connectivity index (χ1v) is 5.09. The second-order valence-electron chi connectivity index (χ2n) is 3.69. The molecule has 19 heavy (non-hydrogen) atoms. The van der Waals surface area contributed by atoms with Crippen molar-refractivity contribution in [3.05, 3.63) is 29.8 Å². The molecule has 3 N–H and O–H groups in total. The van der Waals surface area contributed by atoms with E-state index in [9.17, 15) is 27.9 Å².